The molecule has 0 saturated heterocycles. The van der Waals surface area contributed by atoms with Crippen molar-refractivity contribution in [3.8, 4) is 0 Å². The molecule has 1 unspecified atom stereocenters. The Morgan fingerprint density at radius 1 is 0.900 bits per heavy atom. The fourth-order valence-electron chi connectivity index (χ4n) is 4.11. The van der Waals surface area contributed by atoms with Crippen LogP contribution in [0.25, 0.3) is 0 Å². The second kappa shape index (κ2) is 13.5. The molecule has 3 aromatic carbocycles. The molecule has 0 radical (unpaired) electrons. The molecule has 0 spiro atoms. The van der Waals surface area contributed by atoms with E-state index in [1.807, 2.05) is 65.0 Å². The van der Waals surface area contributed by atoms with E-state index in [1.165, 1.54) is 4.90 Å². The molecule has 1 N–H and O–H groups in total. The van der Waals surface area contributed by atoms with Crippen LogP contribution in [0.5, 0.6) is 0 Å². The predicted molar refractivity (Wildman–Crippen MR) is 164 cm³/mol. The highest BCUT2D eigenvalue weighted by Gasteiger charge is 2.32. The summed E-state index contributed by atoms with van der Waals surface area (Å²) in [5.41, 5.74) is 4.03. The highest BCUT2D eigenvalue weighted by Crippen LogP contribution is 2.27. The first-order valence-corrected chi connectivity index (χ1v) is 15.5. The Kier molecular flexibility index (Phi) is 10.6. The molecule has 3 aromatic rings. The SMILES string of the molecule is Cc1ccc(S(=O)(=O)N(CC(=O)N(Cc2cccc(Br)c2)C(C)C(=O)NCC(C)C)c2ccc(C)c(C)c2)cc1. The van der Waals surface area contributed by atoms with Gasteiger partial charge in [0.25, 0.3) is 10.0 Å². The van der Waals surface area contributed by atoms with Crippen molar-refractivity contribution in [3.63, 3.8) is 0 Å². The average Bonchev–Trinajstić information content (AvgIpc) is 2.90. The summed E-state index contributed by atoms with van der Waals surface area (Å²) in [6.07, 6.45) is 0. The lowest BCUT2D eigenvalue weighted by Crippen LogP contribution is -2.51. The third kappa shape index (κ3) is 7.95. The van der Waals surface area contributed by atoms with Crippen LogP contribution in [0.1, 0.15) is 43.0 Å². The van der Waals surface area contributed by atoms with Crippen LogP contribution in [-0.2, 0) is 26.2 Å². The summed E-state index contributed by atoms with van der Waals surface area (Å²) in [7, 11) is -4.10. The molecule has 0 saturated carbocycles. The van der Waals surface area contributed by atoms with Gasteiger partial charge in [0.05, 0.1) is 10.6 Å². The van der Waals surface area contributed by atoms with Gasteiger partial charge in [0, 0.05) is 17.6 Å². The van der Waals surface area contributed by atoms with Crippen LogP contribution in [-0.4, -0.2) is 44.3 Å². The third-order valence-corrected chi connectivity index (χ3v) is 9.04. The molecular formula is C31H38BrN3O4S. The normalized spacial score (nSPS) is 12.2. The number of anilines is 1. The largest absolute Gasteiger partial charge is 0.354 e. The standard InChI is InChI=1S/C31H38BrN3O4S/c1-21(2)18-33-31(37)25(6)34(19-26-8-7-9-27(32)17-26)30(36)20-35(28-13-12-23(4)24(5)16-28)40(38,39)29-14-10-22(3)11-15-29/h7-17,21,25H,18-20H2,1-6H3,(H,33,37). The summed E-state index contributed by atoms with van der Waals surface area (Å²) >= 11 is 3.47. The minimum atomic E-state index is -4.10. The summed E-state index contributed by atoms with van der Waals surface area (Å²) in [6, 6.07) is 18.5. The van der Waals surface area contributed by atoms with Crippen LogP contribution in [0.15, 0.2) is 76.1 Å². The third-order valence-electron chi connectivity index (χ3n) is 6.76. The van der Waals surface area contributed by atoms with Crippen LogP contribution in [0.3, 0.4) is 0 Å². The highest BCUT2D eigenvalue weighted by molar-refractivity contribution is 9.10. The number of aryl methyl sites for hydroxylation is 3. The van der Waals surface area contributed by atoms with Gasteiger partial charge >= 0.3 is 0 Å². The zero-order valence-corrected chi connectivity index (χ0v) is 26.3. The van der Waals surface area contributed by atoms with Crippen LogP contribution in [0.2, 0.25) is 0 Å². The van der Waals surface area contributed by atoms with E-state index in [0.29, 0.717) is 12.2 Å². The Balaban J connectivity index is 2.04. The summed E-state index contributed by atoms with van der Waals surface area (Å²) in [5.74, 6) is -0.539. The number of benzene rings is 3. The number of carbonyl (C=O) groups excluding carboxylic acids is 2. The van der Waals surface area contributed by atoms with Gasteiger partial charge in [-0.1, -0.05) is 65.7 Å². The van der Waals surface area contributed by atoms with Crippen LogP contribution < -0.4 is 9.62 Å². The monoisotopic (exact) mass is 627 g/mol. The van der Waals surface area contributed by atoms with E-state index in [9.17, 15) is 18.0 Å². The molecule has 0 aromatic heterocycles. The lowest BCUT2D eigenvalue weighted by molar-refractivity contribution is -0.139. The van der Waals surface area contributed by atoms with Gasteiger partial charge in [-0.25, -0.2) is 8.42 Å². The van der Waals surface area contributed by atoms with Crippen molar-refractivity contribution in [1.29, 1.82) is 0 Å². The van der Waals surface area contributed by atoms with E-state index in [1.54, 1.807) is 43.3 Å². The number of halogens is 1. The molecule has 1 atom stereocenters. The van der Waals surface area contributed by atoms with E-state index < -0.39 is 28.5 Å². The van der Waals surface area contributed by atoms with Crippen molar-refractivity contribution in [2.75, 3.05) is 17.4 Å². The van der Waals surface area contributed by atoms with Crippen molar-refractivity contribution >= 4 is 43.5 Å². The summed E-state index contributed by atoms with van der Waals surface area (Å²) in [4.78, 5) is 28.6. The molecule has 40 heavy (non-hydrogen) atoms. The van der Waals surface area contributed by atoms with E-state index in [-0.39, 0.29) is 23.3 Å². The molecule has 214 valence electrons. The van der Waals surface area contributed by atoms with Crippen LogP contribution in [0.4, 0.5) is 5.69 Å². The van der Waals surface area contributed by atoms with Gasteiger partial charge < -0.3 is 10.2 Å². The fraction of sp³-hybridized carbons (Fsp3) is 0.355. The number of rotatable bonds is 11. The highest BCUT2D eigenvalue weighted by atomic mass is 79.9. The van der Waals surface area contributed by atoms with Crippen LogP contribution >= 0.6 is 15.9 Å². The molecule has 0 heterocycles. The molecule has 0 aliphatic heterocycles. The molecule has 9 heteroatoms. The number of amides is 2. The number of hydrogen-bond donors (Lipinski definition) is 1. The van der Waals surface area contributed by atoms with Gasteiger partial charge in [-0.15, -0.1) is 0 Å². The van der Waals surface area contributed by atoms with Gasteiger partial charge in [-0.2, -0.15) is 0 Å². The Morgan fingerprint density at radius 2 is 1.57 bits per heavy atom. The first-order valence-electron chi connectivity index (χ1n) is 13.3. The summed E-state index contributed by atoms with van der Waals surface area (Å²) < 4.78 is 29.9. The molecule has 7 nitrogen and oxygen atoms in total. The van der Waals surface area contributed by atoms with E-state index >= 15 is 0 Å². The van der Waals surface area contributed by atoms with Crippen molar-refractivity contribution < 1.29 is 18.0 Å². The average molecular weight is 629 g/mol. The van der Waals surface area contributed by atoms with Crippen molar-refractivity contribution in [3.05, 3.63) is 93.5 Å². The zero-order chi connectivity index (χ0) is 29.6. The fourth-order valence-corrected chi connectivity index (χ4v) is 5.97. The second-order valence-corrected chi connectivity index (χ2v) is 13.3. The lowest BCUT2D eigenvalue weighted by atomic mass is 10.1. The van der Waals surface area contributed by atoms with Crippen molar-refractivity contribution in [1.82, 2.24) is 10.2 Å². The maximum Gasteiger partial charge on any atom is 0.264 e. The quantitative estimate of drug-likeness (QED) is 0.293. The maximum atomic E-state index is 14.0. The van der Waals surface area contributed by atoms with Crippen molar-refractivity contribution in [2.45, 2.75) is 59.0 Å². The molecule has 0 bridgehead atoms. The number of nitrogens with zero attached hydrogens (tertiary/aromatic N) is 2. The van der Waals surface area contributed by atoms with E-state index in [0.717, 1.165) is 31.0 Å². The van der Waals surface area contributed by atoms with E-state index in [2.05, 4.69) is 21.2 Å². The smallest absolute Gasteiger partial charge is 0.264 e. The number of sulfonamides is 1. The lowest BCUT2D eigenvalue weighted by Gasteiger charge is -2.32. The van der Waals surface area contributed by atoms with Gasteiger partial charge in [-0.3, -0.25) is 13.9 Å². The molecule has 3 rings (SSSR count). The van der Waals surface area contributed by atoms with Gasteiger partial charge in [-0.05, 0) is 86.7 Å². The Bertz CT molecular complexity index is 1460. The number of nitrogens with one attached hydrogen (secondary N) is 1. The zero-order valence-electron chi connectivity index (χ0n) is 23.9. The first-order chi connectivity index (χ1) is 18.8. The maximum absolute atomic E-state index is 14.0. The summed E-state index contributed by atoms with van der Waals surface area (Å²) in [6.45, 7) is 11.5. The van der Waals surface area contributed by atoms with Crippen molar-refractivity contribution in [2.24, 2.45) is 5.92 Å². The van der Waals surface area contributed by atoms with Gasteiger partial charge in [0.15, 0.2) is 0 Å². The van der Waals surface area contributed by atoms with Crippen LogP contribution in [0, 0.1) is 26.7 Å². The molecule has 0 aliphatic rings. The minimum absolute atomic E-state index is 0.0883. The first kappa shape index (κ1) is 31.4. The predicted octanol–water partition coefficient (Wildman–Crippen LogP) is 5.76. The molecular weight excluding hydrogens is 590 g/mol. The Hall–Kier alpha value is -3.17. The Morgan fingerprint density at radius 3 is 2.17 bits per heavy atom. The molecule has 0 aliphatic carbocycles. The molecule has 2 amide bonds. The topological polar surface area (TPSA) is 86.8 Å². The second-order valence-electron chi connectivity index (χ2n) is 10.6. The summed E-state index contributed by atoms with van der Waals surface area (Å²) in [5, 5.41) is 2.90. The minimum Gasteiger partial charge on any atom is -0.354 e. The Labute approximate surface area is 246 Å². The van der Waals surface area contributed by atoms with E-state index in [4.69, 9.17) is 0 Å². The number of hydrogen-bond acceptors (Lipinski definition) is 4. The van der Waals surface area contributed by atoms with Gasteiger partial charge in [0.1, 0.15) is 12.6 Å². The number of carbonyl (C=O) groups is 2. The molecule has 0 fully saturated rings. The van der Waals surface area contributed by atoms with Gasteiger partial charge in [0.2, 0.25) is 11.8 Å².